The van der Waals surface area contributed by atoms with Crippen LogP contribution in [0.3, 0.4) is 0 Å². The summed E-state index contributed by atoms with van der Waals surface area (Å²) in [6.45, 7) is 16.2. The van der Waals surface area contributed by atoms with Crippen LogP contribution in [0.2, 0.25) is 0 Å². The number of carbonyl (C=O) groups is 3. The molecule has 1 aliphatic rings. The van der Waals surface area contributed by atoms with E-state index in [2.05, 4.69) is 54.3 Å². The van der Waals surface area contributed by atoms with Crippen LogP contribution < -0.4 is 20.7 Å². The molecule has 0 radical (unpaired) electrons. The van der Waals surface area contributed by atoms with Crippen molar-refractivity contribution in [1.29, 1.82) is 0 Å². The number of rotatable bonds is 19. The maximum Gasteiger partial charge on any atom is 0.246 e. The molecule has 354 valence electrons. The maximum absolute atomic E-state index is 14.0. The fourth-order valence-corrected chi connectivity index (χ4v) is 8.87. The van der Waals surface area contributed by atoms with E-state index in [9.17, 15) is 19.5 Å². The minimum Gasteiger partial charge on any atom is -0.491 e. The first-order chi connectivity index (χ1) is 32.0. The Morgan fingerprint density at radius 3 is 2.28 bits per heavy atom. The zero-order valence-corrected chi connectivity index (χ0v) is 40.1. The molecule has 17 nitrogen and oxygen atoms in total. The minimum atomic E-state index is -0.975. The van der Waals surface area contributed by atoms with Gasteiger partial charge in [-0.1, -0.05) is 45.0 Å². The topological polar surface area (TPSA) is 208 Å². The number of aliphatic hydroxyl groups excluding tert-OH is 1. The van der Waals surface area contributed by atoms with Crippen molar-refractivity contribution in [2.75, 3.05) is 44.9 Å². The zero-order chi connectivity index (χ0) is 47.8. The molecule has 4 atom stereocenters. The molecule has 0 spiro atoms. The Balaban J connectivity index is 0.816. The van der Waals surface area contributed by atoms with Crippen LogP contribution in [0, 0.1) is 19.3 Å². The molecule has 5 heterocycles. The number of ether oxygens (including phenoxy) is 3. The van der Waals surface area contributed by atoms with E-state index in [-0.39, 0.29) is 50.8 Å². The third kappa shape index (κ3) is 12.2. The number of fused-ring (bicyclic) bond motifs is 1. The summed E-state index contributed by atoms with van der Waals surface area (Å²) in [7, 11) is 0. The van der Waals surface area contributed by atoms with E-state index in [0.717, 1.165) is 44.1 Å². The van der Waals surface area contributed by atoms with Crippen LogP contribution in [-0.2, 0) is 23.9 Å². The summed E-state index contributed by atoms with van der Waals surface area (Å²) in [5.74, 6) is 2.10. The van der Waals surface area contributed by atoms with Crippen LogP contribution >= 0.6 is 11.3 Å². The van der Waals surface area contributed by atoms with Crippen LogP contribution in [0.4, 0.5) is 11.6 Å². The number of imidazole rings is 1. The van der Waals surface area contributed by atoms with Gasteiger partial charge in [-0.05, 0) is 81.5 Å². The highest BCUT2D eigenvalue weighted by Gasteiger charge is 2.44. The number of hydrogen-bond donors (Lipinski definition) is 4. The molecule has 4 N–H and O–H groups in total. The van der Waals surface area contributed by atoms with E-state index in [1.807, 2.05) is 102 Å². The van der Waals surface area contributed by atoms with Gasteiger partial charge in [0.1, 0.15) is 54.0 Å². The SMILES string of the molecule is Cc1ncsc1-c1ccc([C@H](C)NC(=O)[C@H]2C[C@H](O)CN2C(=O)[C@@H](NC(=O)COCCOCCOc2ccc(-c3nccc(Nc4cc5c(cn4)nc(C)n5C(C)C)n3)cc2)C(C)(C)C)cc1. The highest BCUT2D eigenvalue weighted by Crippen LogP contribution is 2.30. The smallest absolute Gasteiger partial charge is 0.246 e. The summed E-state index contributed by atoms with van der Waals surface area (Å²) in [6.07, 6.45) is 2.67. The summed E-state index contributed by atoms with van der Waals surface area (Å²) >= 11 is 1.57. The number of aryl methyl sites for hydroxylation is 2. The fourth-order valence-electron chi connectivity index (χ4n) is 8.06. The molecule has 7 rings (SSSR count). The maximum atomic E-state index is 14.0. The fraction of sp³-hybridized carbons (Fsp3) is 0.429. The van der Waals surface area contributed by atoms with Crippen LogP contribution in [-0.4, -0.2) is 115 Å². The van der Waals surface area contributed by atoms with Gasteiger partial charge < -0.3 is 44.7 Å². The number of carbonyl (C=O) groups excluding carboxylic acids is 3. The largest absolute Gasteiger partial charge is 0.491 e. The van der Waals surface area contributed by atoms with E-state index in [1.165, 1.54) is 4.90 Å². The van der Waals surface area contributed by atoms with Gasteiger partial charge in [-0.15, -0.1) is 11.3 Å². The minimum absolute atomic E-state index is 0.0229. The molecule has 2 aromatic carbocycles. The Hall–Kier alpha value is -6.34. The van der Waals surface area contributed by atoms with E-state index in [0.29, 0.717) is 36.4 Å². The standard InChI is InChI=1S/C49H60N10O7S/c1-29(2)59-32(5)54-38-25-51-42(24-39(38)59)55-41-17-18-50-46(56-41)35-13-15-37(16-14-35)66-22-21-64-19-20-65-27-43(61)57-45(49(6,7)8)48(63)58-26-36(60)23-40(58)47(62)53-30(3)33-9-11-34(12-10-33)44-31(4)52-28-67-44/h9-18,24-25,28-30,36,40,45,60H,19-23,26-27H2,1-8H3,(H,53,62)(H,57,61)(H,50,51,55,56)/t30-,36-,40+,45+/m0/s1. The van der Waals surface area contributed by atoms with Gasteiger partial charge in [0.15, 0.2) is 5.82 Å². The predicted octanol–water partition coefficient (Wildman–Crippen LogP) is 6.74. The van der Waals surface area contributed by atoms with Gasteiger partial charge in [0.2, 0.25) is 17.7 Å². The molecule has 3 amide bonds. The zero-order valence-electron chi connectivity index (χ0n) is 39.3. The van der Waals surface area contributed by atoms with Gasteiger partial charge in [-0.3, -0.25) is 14.4 Å². The first kappa shape index (κ1) is 48.6. The van der Waals surface area contributed by atoms with Gasteiger partial charge in [0.25, 0.3) is 0 Å². The molecule has 18 heteroatoms. The summed E-state index contributed by atoms with van der Waals surface area (Å²) in [5.41, 5.74) is 6.68. The van der Waals surface area contributed by atoms with Crippen molar-refractivity contribution in [2.24, 2.45) is 5.41 Å². The highest BCUT2D eigenvalue weighted by atomic mass is 32.1. The van der Waals surface area contributed by atoms with Crippen molar-refractivity contribution in [3.63, 3.8) is 0 Å². The number of benzene rings is 2. The molecule has 1 saturated heterocycles. The number of aromatic nitrogens is 6. The Bertz CT molecular complexity index is 2650. The molecule has 0 unspecified atom stereocenters. The third-order valence-electron chi connectivity index (χ3n) is 11.5. The number of β-amino-alcohol motifs (C(OH)–C–C–N with tert-alkyl or cyclic N) is 1. The molecule has 4 aromatic heterocycles. The van der Waals surface area contributed by atoms with E-state index < -0.39 is 35.4 Å². The first-order valence-corrected chi connectivity index (χ1v) is 23.4. The molecule has 6 aromatic rings. The first-order valence-electron chi connectivity index (χ1n) is 22.5. The Kier molecular flexibility index (Phi) is 15.6. The summed E-state index contributed by atoms with van der Waals surface area (Å²) < 4.78 is 19.3. The second-order valence-corrected chi connectivity index (χ2v) is 18.8. The normalized spacial score (nSPS) is 16.0. The Morgan fingerprint density at radius 2 is 1.58 bits per heavy atom. The molecular weight excluding hydrogens is 873 g/mol. The van der Waals surface area contributed by atoms with Crippen molar-refractivity contribution >= 4 is 51.7 Å². The number of anilines is 2. The average molecular weight is 933 g/mol. The van der Waals surface area contributed by atoms with Crippen molar-refractivity contribution < 1.29 is 33.7 Å². The Labute approximate surface area is 394 Å². The van der Waals surface area contributed by atoms with E-state index in [1.54, 1.807) is 29.8 Å². The second kappa shape index (κ2) is 21.5. The van der Waals surface area contributed by atoms with Crippen molar-refractivity contribution in [1.82, 2.24) is 45.0 Å². The lowest BCUT2D eigenvalue weighted by molar-refractivity contribution is -0.144. The lowest BCUT2D eigenvalue weighted by Gasteiger charge is -2.35. The van der Waals surface area contributed by atoms with E-state index in [4.69, 9.17) is 19.2 Å². The molecule has 67 heavy (non-hydrogen) atoms. The monoisotopic (exact) mass is 932 g/mol. The number of nitrogens with one attached hydrogen (secondary N) is 3. The predicted molar refractivity (Wildman–Crippen MR) is 257 cm³/mol. The molecule has 1 aliphatic heterocycles. The quantitative estimate of drug-likeness (QED) is 0.0622. The number of pyridine rings is 1. The van der Waals surface area contributed by atoms with Crippen LogP contribution in [0.1, 0.15) is 77.1 Å². The van der Waals surface area contributed by atoms with Gasteiger partial charge in [0, 0.05) is 36.8 Å². The van der Waals surface area contributed by atoms with Crippen molar-refractivity contribution in [3.8, 4) is 27.6 Å². The Morgan fingerprint density at radius 1 is 0.866 bits per heavy atom. The van der Waals surface area contributed by atoms with Crippen molar-refractivity contribution in [3.05, 3.63) is 95.6 Å². The highest BCUT2D eigenvalue weighted by molar-refractivity contribution is 7.13. The number of amides is 3. The number of thiazole rings is 1. The lowest BCUT2D eigenvalue weighted by Crippen LogP contribution is -2.58. The number of aliphatic hydroxyl groups is 1. The van der Waals surface area contributed by atoms with Gasteiger partial charge in [-0.25, -0.2) is 24.9 Å². The number of nitrogens with zero attached hydrogens (tertiary/aromatic N) is 7. The lowest BCUT2D eigenvalue weighted by atomic mass is 9.85. The van der Waals surface area contributed by atoms with Crippen LogP contribution in [0.5, 0.6) is 5.75 Å². The second-order valence-electron chi connectivity index (χ2n) is 18.0. The molecule has 0 aliphatic carbocycles. The van der Waals surface area contributed by atoms with E-state index >= 15 is 0 Å². The number of likely N-dealkylation sites (tertiary alicyclic amines) is 1. The van der Waals surface area contributed by atoms with Crippen molar-refractivity contribution in [2.45, 2.75) is 92.1 Å². The molecular formula is C49H60N10O7S. The summed E-state index contributed by atoms with van der Waals surface area (Å²) in [6, 6.07) is 17.2. The van der Waals surface area contributed by atoms with Crippen LogP contribution in [0.25, 0.3) is 32.9 Å². The van der Waals surface area contributed by atoms with Gasteiger partial charge >= 0.3 is 0 Å². The van der Waals surface area contributed by atoms with Gasteiger partial charge in [-0.2, -0.15) is 0 Å². The molecule has 0 bridgehead atoms. The molecule has 0 saturated carbocycles. The third-order valence-corrected chi connectivity index (χ3v) is 12.4. The van der Waals surface area contributed by atoms with Gasteiger partial charge in [0.05, 0.1) is 59.8 Å². The molecule has 1 fully saturated rings. The summed E-state index contributed by atoms with van der Waals surface area (Å²) in [4.78, 5) is 65.8. The average Bonchev–Trinajstić information content (AvgIpc) is 4.01. The van der Waals surface area contributed by atoms with Crippen LogP contribution in [0.15, 0.2) is 78.6 Å². The summed E-state index contributed by atoms with van der Waals surface area (Å²) in [5, 5.41) is 19.7. The number of hydrogen-bond acceptors (Lipinski definition) is 14.